The summed E-state index contributed by atoms with van der Waals surface area (Å²) in [5.41, 5.74) is 1.91. The summed E-state index contributed by atoms with van der Waals surface area (Å²) in [5, 5.41) is 3.79. The first-order valence-corrected chi connectivity index (χ1v) is 6.96. The summed E-state index contributed by atoms with van der Waals surface area (Å²) in [6.07, 6.45) is 1.61. The molecule has 0 atom stereocenters. The number of anilines is 1. The average Bonchev–Trinajstić information content (AvgIpc) is 2.69. The summed E-state index contributed by atoms with van der Waals surface area (Å²) in [5.74, 6) is -0.0973. The number of aryl methyl sites for hydroxylation is 2. The van der Waals surface area contributed by atoms with Crippen molar-refractivity contribution in [3.8, 4) is 0 Å². The molecule has 1 aromatic heterocycles. The van der Waals surface area contributed by atoms with Gasteiger partial charge in [0, 0.05) is 9.26 Å². The van der Waals surface area contributed by atoms with Crippen molar-refractivity contribution in [1.29, 1.82) is 0 Å². The summed E-state index contributed by atoms with van der Waals surface area (Å²) in [7, 11) is 0. The smallest absolute Gasteiger partial charge is 0.267 e. The Morgan fingerprint density at radius 1 is 1.41 bits per heavy atom. The molecule has 0 saturated carbocycles. The van der Waals surface area contributed by atoms with Crippen LogP contribution >= 0.6 is 33.9 Å². The van der Waals surface area contributed by atoms with Crippen molar-refractivity contribution in [3.05, 3.63) is 43.4 Å². The fourth-order valence-corrected chi connectivity index (χ4v) is 2.74. The molecular weight excluding hydrogens is 347 g/mol. The van der Waals surface area contributed by atoms with Crippen molar-refractivity contribution < 1.29 is 4.79 Å². The van der Waals surface area contributed by atoms with E-state index < -0.39 is 0 Å². The molecule has 2 rings (SSSR count). The zero-order chi connectivity index (χ0) is 12.4. The molecule has 0 aliphatic carbocycles. The Labute approximate surface area is 117 Å². The van der Waals surface area contributed by atoms with Gasteiger partial charge in [-0.1, -0.05) is 0 Å². The number of halogens is 1. The highest BCUT2D eigenvalue weighted by Crippen LogP contribution is 2.20. The largest absolute Gasteiger partial charge is 0.321 e. The molecule has 0 spiro atoms. The third-order valence-corrected chi connectivity index (χ3v) is 3.86. The van der Waals surface area contributed by atoms with Gasteiger partial charge >= 0.3 is 0 Å². The highest BCUT2D eigenvalue weighted by molar-refractivity contribution is 14.1. The van der Waals surface area contributed by atoms with Gasteiger partial charge in [0.2, 0.25) is 0 Å². The van der Waals surface area contributed by atoms with Crippen LogP contribution in [0.3, 0.4) is 0 Å². The molecule has 1 N–H and O–H groups in total. The third-order valence-electron chi connectivity index (χ3n) is 2.28. The Morgan fingerprint density at radius 3 is 2.76 bits per heavy atom. The first kappa shape index (κ1) is 12.5. The standard InChI is InChI=1S/C12H11IN2OS/c1-7-5-9(13)3-4-10(7)15-12(16)11-6-14-8(2)17-11/h3-6H,1-2H3,(H,15,16). The van der Waals surface area contributed by atoms with Crippen molar-refractivity contribution in [3.63, 3.8) is 0 Å². The van der Waals surface area contributed by atoms with Gasteiger partial charge < -0.3 is 5.32 Å². The van der Waals surface area contributed by atoms with Gasteiger partial charge in [-0.2, -0.15) is 0 Å². The molecule has 0 bridgehead atoms. The van der Waals surface area contributed by atoms with E-state index in [1.165, 1.54) is 11.3 Å². The molecule has 2 aromatic rings. The molecular formula is C12H11IN2OS. The zero-order valence-corrected chi connectivity index (χ0v) is 12.4. The van der Waals surface area contributed by atoms with Gasteiger partial charge in [-0.3, -0.25) is 4.79 Å². The van der Waals surface area contributed by atoms with Crippen molar-refractivity contribution in [2.45, 2.75) is 13.8 Å². The van der Waals surface area contributed by atoms with Crippen LogP contribution in [-0.4, -0.2) is 10.9 Å². The molecule has 0 aliphatic heterocycles. The van der Waals surface area contributed by atoms with E-state index in [1.54, 1.807) is 6.20 Å². The van der Waals surface area contributed by atoms with Crippen LogP contribution in [0.2, 0.25) is 0 Å². The lowest BCUT2D eigenvalue weighted by Gasteiger charge is -2.07. The van der Waals surface area contributed by atoms with Crippen molar-refractivity contribution in [2.24, 2.45) is 0 Å². The molecule has 88 valence electrons. The molecule has 0 aliphatic rings. The van der Waals surface area contributed by atoms with Crippen LogP contribution in [0, 0.1) is 17.4 Å². The lowest BCUT2D eigenvalue weighted by atomic mass is 10.2. The van der Waals surface area contributed by atoms with E-state index in [0.29, 0.717) is 4.88 Å². The zero-order valence-electron chi connectivity index (χ0n) is 9.45. The number of carbonyl (C=O) groups is 1. The molecule has 17 heavy (non-hydrogen) atoms. The first-order valence-electron chi connectivity index (χ1n) is 5.06. The lowest BCUT2D eigenvalue weighted by Crippen LogP contribution is -2.11. The Kier molecular flexibility index (Phi) is 3.78. The quantitative estimate of drug-likeness (QED) is 0.834. The SMILES string of the molecule is Cc1ncc(C(=O)Nc2ccc(I)cc2C)s1. The van der Waals surface area contributed by atoms with Crippen LogP contribution in [0.4, 0.5) is 5.69 Å². The van der Waals surface area contributed by atoms with Crippen molar-refractivity contribution in [1.82, 2.24) is 4.98 Å². The Balaban J connectivity index is 2.18. The maximum absolute atomic E-state index is 11.9. The van der Waals surface area contributed by atoms with Gasteiger partial charge in [0.25, 0.3) is 5.91 Å². The highest BCUT2D eigenvalue weighted by Gasteiger charge is 2.10. The van der Waals surface area contributed by atoms with Crippen molar-refractivity contribution in [2.75, 3.05) is 5.32 Å². The fraction of sp³-hybridized carbons (Fsp3) is 0.167. The number of carbonyl (C=O) groups excluding carboxylic acids is 1. The average molecular weight is 358 g/mol. The molecule has 3 nitrogen and oxygen atoms in total. The van der Waals surface area contributed by atoms with Gasteiger partial charge in [0.15, 0.2) is 0 Å². The number of thiazole rings is 1. The number of nitrogens with one attached hydrogen (secondary N) is 1. The van der Waals surface area contributed by atoms with Gasteiger partial charge in [0.05, 0.1) is 11.2 Å². The van der Waals surface area contributed by atoms with Crippen LogP contribution in [0.15, 0.2) is 24.4 Å². The maximum Gasteiger partial charge on any atom is 0.267 e. The minimum Gasteiger partial charge on any atom is -0.321 e. The minimum absolute atomic E-state index is 0.0973. The fourth-order valence-electron chi connectivity index (χ4n) is 1.42. The number of hydrogen-bond donors (Lipinski definition) is 1. The Hall–Kier alpha value is -0.950. The van der Waals surface area contributed by atoms with E-state index >= 15 is 0 Å². The Morgan fingerprint density at radius 2 is 2.18 bits per heavy atom. The van der Waals surface area contributed by atoms with E-state index in [9.17, 15) is 4.79 Å². The summed E-state index contributed by atoms with van der Waals surface area (Å²) < 4.78 is 1.16. The monoisotopic (exact) mass is 358 g/mol. The summed E-state index contributed by atoms with van der Waals surface area (Å²) in [6, 6.07) is 5.93. The van der Waals surface area contributed by atoms with Crippen LogP contribution in [0.5, 0.6) is 0 Å². The van der Waals surface area contributed by atoms with Crippen LogP contribution in [0.25, 0.3) is 0 Å². The first-order chi connectivity index (χ1) is 8.06. The van der Waals surface area contributed by atoms with E-state index in [4.69, 9.17) is 0 Å². The van der Waals surface area contributed by atoms with Gasteiger partial charge in [-0.25, -0.2) is 4.98 Å². The van der Waals surface area contributed by atoms with E-state index in [2.05, 4.69) is 32.9 Å². The predicted octanol–water partition coefficient (Wildman–Crippen LogP) is 3.62. The molecule has 0 unspecified atom stereocenters. The second-order valence-corrected chi connectivity index (χ2v) is 6.14. The number of amides is 1. The second kappa shape index (κ2) is 5.14. The van der Waals surface area contributed by atoms with Crippen LogP contribution in [-0.2, 0) is 0 Å². The maximum atomic E-state index is 11.9. The molecule has 5 heteroatoms. The lowest BCUT2D eigenvalue weighted by molar-refractivity contribution is 0.103. The van der Waals surface area contributed by atoms with E-state index in [0.717, 1.165) is 19.8 Å². The molecule has 1 aromatic carbocycles. The van der Waals surface area contributed by atoms with Gasteiger partial charge in [-0.15, -0.1) is 11.3 Å². The van der Waals surface area contributed by atoms with E-state index in [-0.39, 0.29) is 5.91 Å². The number of nitrogens with zero attached hydrogens (tertiary/aromatic N) is 1. The molecule has 0 saturated heterocycles. The summed E-state index contributed by atoms with van der Waals surface area (Å²) in [4.78, 5) is 16.6. The second-order valence-electron chi connectivity index (χ2n) is 3.66. The topological polar surface area (TPSA) is 42.0 Å². The number of hydrogen-bond acceptors (Lipinski definition) is 3. The highest BCUT2D eigenvalue weighted by atomic mass is 127. The molecule has 1 heterocycles. The molecule has 1 amide bonds. The number of benzene rings is 1. The summed E-state index contributed by atoms with van der Waals surface area (Å²) in [6.45, 7) is 3.87. The minimum atomic E-state index is -0.0973. The third kappa shape index (κ3) is 3.04. The van der Waals surface area contributed by atoms with Crippen molar-refractivity contribution >= 4 is 45.5 Å². The predicted molar refractivity (Wildman–Crippen MR) is 78.7 cm³/mol. The summed E-state index contributed by atoms with van der Waals surface area (Å²) >= 11 is 3.65. The van der Waals surface area contributed by atoms with Crippen LogP contribution < -0.4 is 5.32 Å². The Bertz CT molecular complexity index is 565. The van der Waals surface area contributed by atoms with E-state index in [1.807, 2.05) is 32.0 Å². The van der Waals surface area contributed by atoms with Gasteiger partial charge in [0.1, 0.15) is 4.88 Å². The number of rotatable bonds is 2. The van der Waals surface area contributed by atoms with Gasteiger partial charge in [-0.05, 0) is 60.2 Å². The molecule has 0 fully saturated rings. The normalized spacial score (nSPS) is 10.3. The number of aromatic nitrogens is 1. The van der Waals surface area contributed by atoms with Crippen LogP contribution in [0.1, 0.15) is 20.2 Å². The molecule has 0 radical (unpaired) electrons.